The lowest BCUT2D eigenvalue weighted by Gasteiger charge is -2.01. The van der Waals surface area contributed by atoms with Crippen molar-refractivity contribution in [3.05, 3.63) is 16.1 Å². The summed E-state index contributed by atoms with van der Waals surface area (Å²) in [6, 6.07) is 0. The third kappa shape index (κ3) is 4.36. The Morgan fingerprint density at radius 1 is 1.46 bits per heavy atom. The van der Waals surface area contributed by atoms with Gasteiger partial charge in [-0.3, -0.25) is 0 Å². The average molecular weight is 199 g/mol. The van der Waals surface area contributed by atoms with E-state index in [1.54, 1.807) is 11.3 Å². The number of aryl methyl sites for hydroxylation is 1. The van der Waals surface area contributed by atoms with Crippen LogP contribution in [0.4, 0.5) is 0 Å². The third-order valence-electron chi connectivity index (χ3n) is 1.75. The smallest absolute Gasteiger partial charge is 0.0897 e. The van der Waals surface area contributed by atoms with Gasteiger partial charge in [-0.2, -0.15) is 0 Å². The second-order valence-corrected chi connectivity index (χ2v) is 4.30. The third-order valence-corrected chi connectivity index (χ3v) is 2.66. The Morgan fingerprint density at radius 3 is 2.92 bits per heavy atom. The van der Waals surface area contributed by atoms with Crippen molar-refractivity contribution < 1.29 is 0 Å². The van der Waals surface area contributed by atoms with Crippen LogP contribution in [0, 0.1) is 6.92 Å². The van der Waals surface area contributed by atoms with Gasteiger partial charge in [0, 0.05) is 17.6 Å². The Hall–Kier alpha value is -0.450. The van der Waals surface area contributed by atoms with Crippen molar-refractivity contribution in [3.63, 3.8) is 0 Å². The lowest BCUT2D eigenvalue weighted by atomic mass is 10.4. The highest BCUT2D eigenvalue weighted by Gasteiger charge is 1.96. The minimum absolute atomic E-state index is 0.954. The Bertz CT molecular complexity index is 235. The van der Waals surface area contributed by atoms with E-state index in [2.05, 4.69) is 15.6 Å². The van der Waals surface area contributed by atoms with Crippen LogP contribution in [0.2, 0.25) is 0 Å². The van der Waals surface area contributed by atoms with Crippen molar-refractivity contribution in [2.45, 2.75) is 19.9 Å². The van der Waals surface area contributed by atoms with Crippen LogP contribution < -0.4 is 10.6 Å². The second kappa shape index (κ2) is 6.07. The van der Waals surface area contributed by atoms with Gasteiger partial charge in [0.1, 0.15) is 0 Å². The van der Waals surface area contributed by atoms with Gasteiger partial charge in [-0.05, 0) is 33.5 Å². The number of nitrogens with zero attached hydrogens (tertiary/aromatic N) is 1. The summed E-state index contributed by atoms with van der Waals surface area (Å²) in [5, 5.41) is 7.65. The molecule has 1 rings (SSSR count). The van der Waals surface area contributed by atoms with E-state index in [4.69, 9.17) is 0 Å². The first kappa shape index (κ1) is 10.6. The molecule has 0 unspecified atom stereocenters. The predicted molar refractivity (Wildman–Crippen MR) is 57.1 cm³/mol. The van der Waals surface area contributed by atoms with Crippen LogP contribution in [0.1, 0.15) is 16.3 Å². The monoisotopic (exact) mass is 199 g/mol. The van der Waals surface area contributed by atoms with Gasteiger partial charge in [0.25, 0.3) is 0 Å². The first-order chi connectivity index (χ1) is 6.33. The van der Waals surface area contributed by atoms with E-state index in [-0.39, 0.29) is 0 Å². The van der Waals surface area contributed by atoms with Gasteiger partial charge in [-0.25, -0.2) is 4.98 Å². The van der Waals surface area contributed by atoms with Gasteiger partial charge >= 0.3 is 0 Å². The lowest BCUT2D eigenvalue weighted by Crippen LogP contribution is -2.18. The second-order valence-electron chi connectivity index (χ2n) is 2.98. The highest BCUT2D eigenvalue weighted by molar-refractivity contribution is 7.11. The molecule has 0 aromatic carbocycles. The van der Waals surface area contributed by atoms with Crippen LogP contribution in [0.3, 0.4) is 0 Å². The highest BCUT2D eigenvalue weighted by atomic mass is 32.1. The fourth-order valence-electron chi connectivity index (χ4n) is 1.09. The zero-order chi connectivity index (χ0) is 9.52. The Labute approximate surface area is 83.6 Å². The molecule has 2 N–H and O–H groups in total. The summed E-state index contributed by atoms with van der Waals surface area (Å²) in [6.07, 6.45) is 3.12. The molecule has 1 aromatic rings. The molecule has 0 bridgehead atoms. The molecule has 0 atom stereocenters. The first-order valence-corrected chi connectivity index (χ1v) is 5.41. The number of hydrogen-bond acceptors (Lipinski definition) is 4. The molecule has 0 saturated carbocycles. The molecule has 1 heterocycles. The van der Waals surface area contributed by atoms with Gasteiger partial charge in [0.15, 0.2) is 0 Å². The summed E-state index contributed by atoms with van der Waals surface area (Å²) in [4.78, 5) is 5.52. The molecule has 0 aliphatic heterocycles. The van der Waals surface area contributed by atoms with E-state index in [0.717, 1.165) is 24.6 Å². The Morgan fingerprint density at radius 2 is 2.31 bits per heavy atom. The number of nitrogens with one attached hydrogen (secondary N) is 2. The van der Waals surface area contributed by atoms with Crippen molar-refractivity contribution >= 4 is 11.3 Å². The minimum atomic E-state index is 0.954. The number of thiazole rings is 1. The highest BCUT2D eigenvalue weighted by Crippen LogP contribution is 2.10. The van der Waals surface area contributed by atoms with Crippen LogP contribution in [-0.2, 0) is 6.54 Å². The standard InChI is InChI=1S/C9H17N3S/c1-8-12-7-9(13-8)6-11-5-3-4-10-2/h7,10-11H,3-6H2,1-2H3. The van der Waals surface area contributed by atoms with Crippen LogP contribution in [0.5, 0.6) is 0 Å². The van der Waals surface area contributed by atoms with Crippen molar-refractivity contribution in [2.24, 2.45) is 0 Å². The molecule has 13 heavy (non-hydrogen) atoms. The van der Waals surface area contributed by atoms with Gasteiger partial charge < -0.3 is 10.6 Å². The van der Waals surface area contributed by atoms with Gasteiger partial charge in [0.2, 0.25) is 0 Å². The van der Waals surface area contributed by atoms with Crippen LogP contribution in [0.15, 0.2) is 6.20 Å². The van der Waals surface area contributed by atoms with Gasteiger partial charge in [0.05, 0.1) is 5.01 Å². The molecule has 0 aliphatic carbocycles. The molecule has 3 nitrogen and oxygen atoms in total. The number of hydrogen-bond donors (Lipinski definition) is 2. The molecule has 0 aliphatic rings. The Kier molecular flexibility index (Phi) is 4.97. The fraction of sp³-hybridized carbons (Fsp3) is 0.667. The molecular weight excluding hydrogens is 182 g/mol. The molecule has 0 amide bonds. The summed E-state index contributed by atoms with van der Waals surface area (Å²) in [5.74, 6) is 0. The minimum Gasteiger partial charge on any atom is -0.320 e. The van der Waals surface area contributed by atoms with Crippen molar-refractivity contribution in [1.82, 2.24) is 15.6 Å². The zero-order valence-corrected chi connectivity index (χ0v) is 9.08. The van der Waals surface area contributed by atoms with E-state index in [9.17, 15) is 0 Å². The van der Waals surface area contributed by atoms with Crippen molar-refractivity contribution in [1.29, 1.82) is 0 Å². The molecule has 0 fully saturated rings. The predicted octanol–water partition coefficient (Wildman–Crippen LogP) is 1.15. The number of rotatable bonds is 6. The maximum absolute atomic E-state index is 4.20. The van der Waals surface area contributed by atoms with Gasteiger partial charge in [-0.15, -0.1) is 11.3 Å². The van der Waals surface area contributed by atoms with Crippen molar-refractivity contribution in [3.8, 4) is 0 Å². The zero-order valence-electron chi connectivity index (χ0n) is 8.26. The van der Waals surface area contributed by atoms with E-state index in [1.165, 1.54) is 11.3 Å². The van der Waals surface area contributed by atoms with E-state index in [0.29, 0.717) is 0 Å². The normalized spacial score (nSPS) is 10.6. The largest absolute Gasteiger partial charge is 0.320 e. The Balaban J connectivity index is 2.06. The molecule has 4 heteroatoms. The summed E-state index contributed by atoms with van der Waals surface area (Å²) < 4.78 is 0. The molecule has 0 saturated heterocycles. The summed E-state index contributed by atoms with van der Waals surface area (Å²) in [6.45, 7) is 5.14. The maximum Gasteiger partial charge on any atom is 0.0897 e. The quantitative estimate of drug-likeness (QED) is 0.675. The van der Waals surface area contributed by atoms with Crippen LogP contribution in [-0.4, -0.2) is 25.1 Å². The fourth-order valence-corrected chi connectivity index (χ4v) is 1.85. The van der Waals surface area contributed by atoms with Crippen molar-refractivity contribution in [2.75, 3.05) is 20.1 Å². The molecule has 74 valence electrons. The summed E-state index contributed by atoms with van der Waals surface area (Å²) in [5.41, 5.74) is 0. The topological polar surface area (TPSA) is 37.0 Å². The SMILES string of the molecule is CNCCCNCc1cnc(C)s1. The van der Waals surface area contributed by atoms with Crippen LogP contribution in [0.25, 0.3) is 0 Å². The summed E-state index contributed by atoms with van der Waals surface area (Å²) >= 11 is 1.76. The average Bonchev–Trinajstić information content (AvgIpc) is 2.51. The van der Waals surface area contributed by atoms with E-state index < -0.39 is 0 Å². The van der Waals surface area contributed by atoms with E-state index >= 15 is 0 Å². The summed E-state index contributed by atoms with van der Waals surface area (Å²) in [7, 11) is 1.98. The maximum atomic E-state index is 4.20. The molecule has 0 radical (unpaired) electrons. The lowest BCUT2D eigenvalue weighted by molar-refractivity contribution is 0.628. The molecule has 1 aromatic heterocycles. The van der Waals surface area contributed by atoms with E-state index in [1.807, 2.05) is 20.2 Å². The van der Waals surface area contributed by atoms with Crippen LogP contribution >= 0.6 is 11.3 Å². The molecular formula is C9H17N3S. The first-order valence-electron chi connectivity index (χ1n) is 4.59. The van der Waals surface area contributed by atoms with Gasteiger partial charge in [-0.1, -0.05) is 0 Å². The number of aromatic nitrogens is 1. The molecule has 0 spiro atoms.